The summed E-state index contributed by atoms with van der Waals surface area (Å²) in [5.41, 5.74) is 0.716. The number of nitrogens with one attached hydrogen (secondary N) is 1. The van der Waals surface area contributed by atoms with Crippen LogP contribution in [-0.4, -0.2) is 25.7 Å². The van der Waals surface area contributed by atoms with Crippen molar-refractivity contribution in [2.75, 3.05) is 18.6 Å². The van der Waals surface area contributed by atoms with E-state index < -0.39 is 11.8 Å². The molecule has 4 nitrogen and oxygen atoms in total. The molecule has 0 heterocycles. The first-order valence-corrected chi connectivity index (χ1v) is 10.4. The maximum absolute atomic E-state index is 14.9. The van der Waals surface area contributed by atoms with Crippen molar-refractivity contribution in [1.29, 1.82) is 0 Å². The summed E-state index contributed by atoms with van der Waals surface area (Å²) < 4.78 is 20.8. The molecule has 1 fully saturated rings. The predicted octanol–water partition coefficient (Wildman–Crippen LogP) is 5.24. The lowest BCUT2D eigenvalue weighted by molar-refractivity contribution is -0.138. The second kappa shape index (κ2) is 10.3. The van der Waals surface area contributed by atoms with E-state index in [1.165, 1.54) is 12.8 Å². The number of anilines is 1. The van der Waals surface area contributed by atoms with Gasteiger partial charge >= 0.3 is 5.97 Å². The lowest BCUT2D eigenvalue weighted by Gasteiger charge is -2.32. The Kier molecular flexibility index (Phi) is 8.47. The number of nitrogens with zero attached hydrogens (tertiary/aromatic N) is 1. The van der Waals surface area contributed by atoms with Gasteiger partial charge in [0, 0.05) is 22.9 Å². The van der Waals surface area contributed by atoms with Gasteiger partial charge in [0.15, 0.2) is 5.82 Å². The highest BCUT2D eigenvalue weighted by molar-refractivity contribution is 14.1. The number of hydrogen-bond acceptors (Lipinski definition) is 4. The van der Waals surface area contributed by atoms with Gasteiger partial charge < -0.3 is 15.0 Å². The van der Waals surface area contributed by atoms with Crippen LogP contribution < -0.4 is 10.2 Å². The molecule has 1 N–H and O–H groups in total. The average Bonchev–Trinajstić information content (AvgIpc) is 2.90. The molecule has 0 aliphatic heterocycles. The number of likely N-dealkylation sites (N-methyl/N-ethyl adjacent to an activating group) is 1. The van der Waals surface area contributed by atoms with Crippen molar-refractivity contribution >= 4 is 45.8 Å². The molecular formula is C19H25ClFIN2O2. The molecule has 1 aliphatic carbocycles. The van der Waals surface area contributed by atoms with Crippen molar-refractivity contribution in [2.24, 2.45) is 0 Å². The van der Waals surface area contributed by atoms with Gasteiger partial charge in [0.25, 0.3) is 0 Å². The number of carbonyl (C=O) groups excluding carboxylic acids is 1. The van der Waals surface area contributed by atoms with Crippen molar-refractivity contribution in [1.82, 2.24) is 5.32 Å². The summed E-state index contributed by atoms with van der Waals surface area (Å²) in [6.07, 6.45) is 8.09. The SMILES string of the molecule is CCOC(=O)/C(=C/N(c1c(I)ccc(Cl)c1F)C1CCCCCC1)NC. The topological polar surface area (TPSA) is 41.6 Å². The first kappa shape index (κ1) is 21.3. The van der Waals surface area contributed by atoms with Gasteiger partial charge in [0.1, 0.15) is 5.70 Å². The molecular weight excluding hydrogens is 470 g/mol. The second-order valence-electron chi connectivity index (χ2n) is 6.26. The summed E-state index contributed by atoms with van der Waals surface area (Å²) in [6, 6.07) is 3.46. The van der Waals surface area contributed by atoms with E-state index in [9.17, 15) is 9.18 Å². The highest BCUT2D eigenvalue weighted by atomic mass is 127. The fraction of sp³-hybridized carbons (Fsp3) is 0.526. The van der Waals surface area contributed by atoms with Gasteiger partial charge in [0.05, 0.1) is 17.3 Å². The normalized spacial score (nSPS) is 16.1. The lowest BCUT2D eigenvalue weighted by Crippen LogP contribution is -2.34. The molecule has 0 amide bonds. The molecule has 1 saturated carbocycles. The molecule has 7 heteroatoms. The molecule has 1 aromatic rings. The molecule has 0 radical (unpaired) electrons. The van der Waals surface area contributed by atoms with Crippen molar-refractivity contribution in [3.05, 3.63) is 38.4 Å². The molecule has 0 bridgehead atoms. The smallest absolute Gasteiger partial charge is 0.355 e. The average molecular weight is 495 g/mol. The zero-order chi connectivity index (χ0) is 19.1. The van der Waals surface area contributed by atoms with Crippen LogP contribution in [0.15, 0.2) is 24.0 Å². The molecule has 0 saturated heterocycles. The minimum atomic E-state index is -0.460. The van der Waals surface area contributed by atoms with Crippen molar-refractivity contribution in [3.63, 3.8) is 0 Å². The van der Waals surface area contributed by atoms with Gasteiger partial charge in [-0.2, -0.15) is 0 Å². The van der Waals surface area contributed by atoms with Crippen molar-refractivity contribution in [2.45, 2.75) is 51.5 Å². The first-order valence-electron chi connectivity index (χ1n) is 8.98. The monoisotopic (exact) mass is 494 g/mol. The van der Waals surface area contributed by atoms with Crippen LogP contribution in [-0.2, 0) is 9.53 Å². The van der Waals surface area contributed by atoms with Gasteiger partial charge in [-0.3, -0.25) is 0 Å². The fourth-order valence-corrected chi connectivity index (χ4v) is 4.06. The third-order valence-corrected chi connectivity index (χ3v) is 5.69. The predicted molar refractivity (Wildman–Crippen MR) is 112 cm³/mol. The number of halogens is 3. The summed E-state index contributed by atoms with van der Waals surface area (Å²) in [6.45, 7) is 2.04. The van der Waals surface area contributed by atoms with Crippen LogP contribution in [0.5, 0.6) is 0 Å². The second-order valence-corrected chi connectivity index (χ2v) is 7.83. The minimum Gasteiger partial charge on any atom is -0.461 e. The molecule has 144 valence electrons. The number of carbonyl (C=O) groups is 1. The molecule has 26 heavy (non-hydrogen) atoms. The Morgan fingerprint density at radius 1 is 1.38 bits per heavy atom. The Morgan fingerprint density at radius 3 is 2.62 bits per heavy atom. The van der Waals surface area contributed by atoms with E-state index in [1.807, 2.05) is 4.90 Å². The van der Waals surface area contributed by atoms with Crippen LogP contribution in [0.25, 0.3) is 0 Å². The Bertz CT molecular complexity index is 661. The number of rotatable bonds is 6. The third kappa shape index (κ3) is 5.25. The van der Waals surface area contributed by atoms with E-state index in [4.69, 9.17) is 16.3 Å². The van der Waals surface area contributed by atoms with E-state index in [2.05, 4.69) is 27.9 Å². The standard InChI is InChI=1S/C19H25ClFIN2O2/c1-3-26-19(25)16(23-2)12-24(13-8-6-4-5-7-9-13)18-15(22)11-10-14(20)17(18)21/h10-13,23H,3-9H2,1-2H3/b16-12-. The van der Waals surface area contributed by atoms with Gasteiger partial charge in [-0.1, -0.05) is 37.3 Å². The van der Waals surface area contributed by atoms with Gasteiger partial charge in [0.2, 0.25) is 0 Å². The Hall–Kier alpha value is -1.02. The Morgan fingerprint density at radius 2 is 2.04 bits per heavy atom. The van der Waals surface area contributed by atoms with E-state index >= 15 is 0 Å². The van der Waals surface area contributed by atoms with E-state index in [1.54, 1.807) is 32.3 Å². The summed E-state index contributed by atoms with van der Waals surface area (Å²) in [5, 5.41) is 2.96. The van der Waals surface area contributed by atoms with Crippen LogP contribution in [0, 0.1) is 9.39 Å². The fourth-order valence-electron chi connectivity index (χ4n) is 3.21. The summed E-state index contributed by atoms with van der Waals surface area (Å²) in [4.78, 5) is 14.1. The van der Waals surface area contributed by atoms with Crippen molar-refractivity contribution < 1.29 is 13.9 Å². The molecule has 0 atom stereocenters. The summed E-state index contributed by atoms with van der Waals surface area (Å²) >= 11 is 8.16. The molecule has 1 aliphatic rings. The Labute approximate surface area is 173 Å². The van der Waals surface area contributed by atoms with Crippen LogP contribution >= 0.6 is 34.2 Å². The molecule has 0 aromatic heterocycles. The number of benzene rings is 1. The number of ether oxygens (including phenoxy) is 1. The minimum absolute atomic E-state index is 0.0783. The van der Waals surface area contributed by atoms with Crippen LogP contribution in [0.3, 0.4) is 0 Å². The zero-order valence-corrected chi connectivity index (χ0v) is 18.1. The molecule has 0 spiro atoms. The number of esters is 1. The summed E-state index contributed by atoms with van der Waals surface area (Å²) in [5.74, 6) is -0.913. The van der Waals surface area contributed by atoms with Gasteiger partial charge in [-0.15, -0.1) is 0 Å². The largest absolute Gasteiger partial charge is 0.461 e. The van der Waals surface area contributed by atoms with E-state index in [0.717, 1.165) is 29.3 Å². The molecule has 1 aromatic carbocycles. The maximum Gasteiger partial charge on any atom is 0.355 e. The van der Waals surface area contributed by atoms with E-state index in [-0.39, 0.29) is 17.7 Å². The van der Waals surface area contributed by atoms with Crippen molar-refractivity contribution in [3.8, 4) is 0 Å². The van der Waals surface area contributed by atoms with Gasteiger partial charge in [-0.05, 0) is 54.5 Å². The van der Waals surface area contributed by atoms with Gasteiger partial charge in [-0.25, -0.2) is 9.18 Å². The van der Waals surface area contributed by atoms with Crippen LogP contribution in [0.4, 0.5) is 10.1 Å². The maximum atomic E-state index is 14.9. The highest BCUT2D eigenvalue weighted by Gasteiger charge is 2.26. The quantitative estimate of drug-likeness (QED) is 0.193. The first-order chi connectivity index (χ1) is 12.5. The summed E-state index contributed by atoms with van der Waals surface area (Å²) in [7, 11) is 1.66. The zero-order valence-electron chi connectivity index (χ0n) is 15.2. The Balaban J connectivity index is 2.52. The van der Waals surface area contributed by atoms with Crippen LogP contribution in [0.2, 0.25) is 5.02 Å². The number of hydrogen-bond donors (Lipinski definition) is 1. The molecule has 0 unspecified atom stereocenters. The van der Waals surface area contributed by atoms with E-state index in [0.29, 0.717) is 11.4 Å². The lowest BCUT2D eigenvalue weighted by atomic mass is 10.1. The van der Waals surface area contributed by atoms with Crippen LogP contribution in [0.1, 0.15) is 45.4 Å². The highest BCUT2D eigenvalue weighted by Crippen LogP contribution is 2.35. The third-order valence-electron chi connectivity index (χ3n) is 4.53. The molecule has 2 rings (SSSR count).